The average Bonchev–Trinajstić information content (AvgIpc) is 2.81. The maximum absolute atomic E-state index is 12.0. The van der Waals surface area contributed by atoms with Gasteiger partial charge in [0.05, 0.1) is 5.69 Å². The largest absolute Gasteiger partial charge is 0.476 e. The number of nitrogens with two attached hydrogens (primary N) is 1. The lowest BCUT2D eigenvalue weighted by molar-refractivity contribution is -0.117. The van der Waals surface area contributed by atoms with Gasteiger partial charge in [0.1, 0.15) is 6.54 Å². The first kappa shape index (κ1) is 14.7. The van der Waals surface area contributed by atoms with Crippen LogP contribution in [0.4, 0.5) is 5.69 Å². The van der Waals surface area contributed by atoms with E-state index in [4.69, 9.17) is 10.8 Å². The first-order valence-electron chi connectivity index (χ1n) is 6.23. The van der Waals surface area contributed by atoms with E-state index in [9.17, 15) is 9.59 Å². The van der Waals surface area contributed by atoms with Gasteiger partial charge in [-0.25, -0.2) is 9.48 Å². The Balaban J connectivity index is 2.11. The summed E-state index contributed by atoms with van der Waals surface area (Å²) in [6, 6.07) is 7.33. The Morgan fingerprint density at radius 1 is 1.43 bits per heavy atom. The van der Waals surface area contributed by atoms with Crippen LogP contribution in [0.1, 0.15) is 21.7 Å². The maximum Gasteiger partial charge on any atom is 0.358 e. The van der Waals surface area contributed by atoms with Crippen molar-refractivity contribution in [1.29, 1.82) is 0 Å². The second-order valence-corrected chi connectivity index (χ2v) is 4.47. The van der Waals surface area contributed by atoms with Crippen LogP contribution in [0, 0.1) is 6.92 Å². The first-order valence-corrected chi connectivity index (χ1v) is 6.23. The summed E-state index contributed by atoms with van der Waals surface area (Å²) in [7, 11) is 0. The van der Waals surface area contributed by atoms with Gasteiger partial charge in [0, 0.05) is 12.2 Å². The number of hydrogen-bond donors (Lipinski definition) is 3. The fourth-order valence-corrected chi connectivity index (χ4v) is 1.89. The van der Waals surface area contributed by atoms with Crippen LogP contribution in [-0.4, -0.2) is 32.0 Å². The van der Waals surface area contributed by atoms with E-state index in [-0.39, 0.29) is 30.4 Å². The van der Waals surface area contributed by atoms with Crippen molar-refractivity contribution in [3.8, 4) is 0 Å². The van der Waals surface area contributed by atoms with Crippen LogP contribution in [0.15, 0.2) is 24.3 Å². The zero-order chi connectivity index (χ0) is 15.4. The Kier molecular flexibility index (Phi) is 4.29. The number of benzene rings is 1. The van der Waals surface area contributed by atoms with Crippen LogP contribution < -0.4 is 11.1 Å². The number of carboxylic acid groups (broad SMARTS) is 1. The van der Waals surface area contributed by atoms with Crippen LogP contribution in [-0.2, 0) is 17.9 Å². The summed E-state index contributed by atoms with van der Waals surface area (Å²) in [6.07, 6.45) is 0. The zero-order valence-corrected chi connectivity index (χ0v) is 11.4. The number of aromatic carboxylic acids is 1. The fourth-order valence-electron chi connectivity index (χ4n) is 1.89. The first-order chi connectivity index (χ1) is 10.0. The number of hydrogen-bond acceptors (Lipinski definition) is 5. The summed E-state index contributed by atoms with van der Waals surface area (Å²) in [5, 5.41) is 18.8. The fraction of sp³-hybridized carbons (Fsp3) is 0.231. The predicted octanol–water partition coefficient (Wildman–Crippen LogP) is 0.382. The van der Waals surface area contributed by atoms with E-state index in [1.165, 1.54) is 4.68 Å². The second-order valence-electron chi connectivity index (χ2n) is 4.47. The van der Waals surface area contributed by atoms with Gasteiger partial charge in [-0.15, -0.1) is 5.10 Å². The molecule has 4 N–H and O–H groups in total. The molecule has 0 fully saturated rings. The molecule has 1 heterocycles. The van der Waals surface area contributed by atoms with Crippen molar-refractivity contribution in [3.05, 3.63) is 41.2 Å². The molecule has 0 aliphatic heterocycles. The van der Waals surface area contributed by atoms with E-state index in [0.717, 1.165) is 5.56 Å². The summed E-state index contributed by atoms with van der Waals surface area (Å²) in [5.41, 5.74) is 7.14. The molecule has 2 aromatic rings. The number of carboxylic acids is 1. The number of aromatic nitrogens is 3. The maximum atomic E-state index is 12.0. The molecule has 8 heteroatoms. The molecule has 0 unspecified atom stereocenters. The number of nitrogens with zero attached hydrogens (tertiary/aromatic N) is 3. The summed E-state index contributed by atoms with van der Waals surface area (Å²) in [5.74, 6) is -1.56. The molecule has 1 amide bonds. The molecule has 1 aromatic heterocycles. The van der Waals surface area contributed by atoms with E-state index in [2.05, 4.69) is 15.6 Å². The molecular weight excluding hydrogens is 274 g/mol. The Bertz CT molecular complexity index is 680. The van der Waals surface area contributed by atoms with E-state index in [0.29, 0.717) is 5.69 Å². The summed E-state index contributed by atoms with van der Waals surface area (Å²) >= 11 is 0. The molecule has 0 atom stereocenters. The smallest absolute Gasteiger partial charge is 0.358 e. The van der Waals surface area contributed by atoms with Crippen molar-refractivity contribution in [1.82, 2.24) is 15.0 Å². The minimum atomic E-state index is -1.22. The van der Waals surface area contributed by atoms with Gasteiger partial charge in [0.25, 0.3) is 0 Å². The lowest BCUT2D eigenvalue weighted by Gasteiger charge is -2.07. The van der Waals surface area contributed by atoms with E-state index in [1.54, 1.807) is 6.07 Å². The van der Waals surface area contributed by atoms with Gasteiger partial charge in [0.2, 0.25) is 5.91 Å². The second kappa shape index (κ2) is 6.14. The van der Waals surface area contributed by atoms with Gasteiger partial charge in [0.15, 0.2) is 5.69 Å². The number of nitrogens with one attached hydrogen (secondary N) is 1. The summed E-state index contributed by atoms with van der Waals surface area (Å²) in [4.78, 5) is 22.9. The van der Waals surface area contributed by atoms with Crippen molar-refractivity contribution < 1.29 is 14.7 Å². The van der Waals surface area contributed by atoms with Crippen LogP contribution in [0.25, 0.3) is 0 Å². The highest BCUT2D eigenvalue weighted by molar-refractivity contribution is 5.91. The van der Waals surface area contributed by atoms with Crippen LogP contribution in [0.2, 0.25) is 0 Å². The van der Waals surface area contributed by atoms with Crippen molar-refractivity contribution in [2.75, 3.05) is 5.32 Å². The minimum absolute atomic E-state index is 0.0631. The van der Waals surface area contributed by atoms with Gasteiger partial charge < -0.3 is 16.2 Å². The SMILES string of the molecule is Cc1cccc(NC(=O)Cn2nnc(C(=O)O)c2CN)c1. The van der Waals surface area contributed by atoms with Crippen LogP contribution >= 0.6 is 0 Å². The molecule has 0 bridgehead atoms. The monoisotopic (exact) mass is 289 g/mol. The Morgan fingerprint density at radius 2 is 2.19 bits per heavy atom. The number of amides is 1. The third-order valence-corrected chi connectivity index (χ3v) is 2.83. The molecule has 1 aromatic carbocycles. The molecule has 0 aliphatic carbocycles. The molecular formula is C13H15N5O3. The highest BCUT2D eigenvalue weighted by Gasteiger charge is 2.19. The Hall–Kier alpha value is -2.74. The Labute approximate surface area is 120 Å². The third-order valence-electron chi connectivity index (χ3n) is 2.83. The Morgan fingerprint density at radius 3 is 2.81 bits per heavy atom. The average molecular weight is 289 g/mol. The molecule has 0 saturated carbocycles. The van der Waals surface area contributed by atoms with Crippen molar-refractivity contribution in [2.45, 2.75) is 20.0 Å². The van der Waals surface area contributed by atoms with E-state index >= 15 is 0 Å². The predicted molar refractivity (Wildman–Crippen MR) is 74.7 cm³/mol. The van der Waals surface area contributed by atoms with Crippen LogP contribution in [0.3, 0.4) is 0 Å². The van der Waals surface area contributed by atoms with Crippen molar-refractivity contribution in [3.63, 3.8) is 0 Å². The van der Waals surface area contributed by atoms with Gasteiger partial charge in [-0.1, -0.05) is 17.3 Å². The zero-order valence-electron chi connectivity index (χ0n) is 11.4. The van der Waals surface area contributed by atoms with Gasteiger partial charge in [-0.3, -0.25) is 4.79 Å². The number of carbonyl (C=O) groups is 2. The molecule has 0 spiro atoms. The lowest BCUT2D eigenvalue weighted by Crippen LogP contribution is -2.22. The van der Waals surface area contributed by atoms with E-state index < -0.39 is 5.97 Å². The van der Waals surface area contributed by atoms with Crippen molar-refractivity contribution >= 4 is 17.6 Å². The summed E-state index contributed by atoms with van der Waals surface area (Å²) in [6.45, 7) is 1.70. The lowest BCUT2D eigenvalue weighted by atomic mass is 10.2. The van der Waals surface area contributed by atoms with E-state index in [1.807, 2.05) is 25.1 Å². The van der Waals surface area contributed by atoms with Crippen molar-refractivity contribution in [2.24, 2.45) is 5.73 Å². The van der Waals surface area contributed by atoms with Crippen LogP contribution in [0.5, 0.6) is 0 Å². The number of carbonyl (C=O) groups excluding carboxylic acids is 1. The third kappa shape index (κ3) is 3.42. The molecule has 110 valence electrons. The molecule has 8 nitrogen and oxygen atoms in total. The molecule has 21 heavy (non-hydrogen) atoms. The quantitative estimate of drug-likeness (QED) is 0.731. The highest BCUT2D eigenvalue weighted by atomic mass is 16.4. The summed E-state index contributed by atoms with van der Waals surface area (Å²) < 4.78 is 1.19. The molecule has 0 saturated heterocycles. The number of anilines is 1. The highest BCUT2D eigenvalue weighted by Crippen LogP contribution is 2.10. The number of aryl methyl sites for hydroxylation is 1. The van der Waals surface area contributed by atoms with Gasteiger partial charge >= 0.3 is 5.97 Å². The molecule has 0 radical (unpaired) electrons. The normalized spacial score (nSPS) is 10.4. The van der Waals surface area contributed by atoms with Gasteiger partial charge in [-0.2, -0.15) is 0 Å². The standard InChI is InChI=1S/C13H15N5O3/c1-8-3-2-4-9(5-8)15-11(19)7-18-10(6-14)12(13(20)21)16-17-18/h2-5H,6-7,14H2,1H3,(H,15,19)(H,20,21). The van der Waals surface area contributed by atoms with Gasteiger partial charge in [-0.05, 0) is 24.6 Å². The number of rotatable bonds is 5. The molecule has 2 rings (SSSR count). The topological polar surface area (TPSA) is 123 Å². The molecule has 0 aliphatic rings. The minimum Gasteiger partial charge on any atom is -0.476 e.